The summed E-state index contributed by atoms with van der Waals surface area (Å²) in [5.74, 6) is -0.209. The Kier molecular flexibility index (Phi) is 5.26. The summed E-state index contributed by atoms with van der Waals surface area (Å²) in [5, 5.41) is 12.6. The number of aliphatic hydroxyl groups is 1. The summed E-state index contributed by atoms with van der Waals surface area (Å²) < 4.78 is 17.0. The van der Waals surface area contributed by atoms with Gasteiger partial charge in [-0.1, -0.05) is 25.1 Å². The highest BCUT2D eigenvalue weighted by Gasteiger charge is 2.78. The number of carbonyl (C=O) groups is 2. The fourth-order valence-corrected chi connectivity index (χ4v) is 7.83. The molecule has 1 spiro atoms. The smallest absolute Gasteiger partial charge is 0.303 e. The van der Waals surface area contributed by atoms with Crippen molar-refractivity contribution in [2.45, 2.75) is 62.8 Å². The van der Waals surface area contributed by atoms with Crippen molar-refractivity contribution in [3.63, 3.8) is 0 Å². The molecule has 0 bridgehead atoms. The summed E-state index contributed by atoms with van der Waals surface area (Å²) in [6.45, 7) is 6.20. The van der Waals surface area contributed by atoms with Crippen LogP contribution < -0.4 is 9.64 Å². The molecule has 6 atom stereocenters. The van der Waals surface area contributed by atoms with Crippen molar-refractivity contribution in [2.24, 2.45) is 5.41 Å². The topological polar surface area (TPSA) is 88.5 Å². The van der Waals surface area contributed by atoms with E-state index < -0.39 is 40.5 Å². The SMILES string of the molecule is CC[C@]12C=CCN3CC[C@@]4(c5ccc(OC)cc5N(C)[C@H]4C(O)(COC(C)=O)[C@@H]1OC(C)=O)C32. The third-order valence-corrected chi connectivity index (χ3v) is 8.72. The second-order valence-corrected chi connectivity index (χ2v) is 10.2. The number of methoxy groups -OCH3 is 1. The molecule has 1 aromatic carbocycles. The van der Waals surface area contributed by atoms with Crippen molar-refractivity contribution in [2.75, 3.05) is 38.8 Å². The highest BCUT2D eigenvalue weighted by atomic mass is 16.6. The number of likely N-dealkylation sites (N-methyl/N-ethyl adjacent to an activating group) is 1. The number of fused-ring (bicyclic) bond motifs is 1. The van der Waals surface area contributed by atoms with Crippen LogP contribution in [0.3, 0.4) is 0 Å². The van der Waals surface area contributed by atoms with Gasteiger partial charge in [0, 0.05) is 56.1 Å². The molecule has 3 heterocycles. The minimum Gasteiger partial charge on any atom is -0.497 e. The molecular formula is C26H34N2O6. The first-order chi connectivity index (χ1) is 16.2. The number of nitrogens with zero attached hydrogens (tertiary/aromatic N) is 2. The average Bonchev–Trinajstić information content (AvgIpc) is 3.32. The van der Waals surface area contributed by atoms with E-state index in [1.165, 1.54) is 13.8 Å². The zero-order chi connectivity index (χ0) is 24.5. The third kappa shape index (κ3) is 2.78. The van der Waals surface area contributed by atoms with Crippen LogP contribution in [0.15, 0.2) is 30.4 Å². The molecule has 184 valence electrons. The van der Waals surface area contributed by atoms with E-state index in [4.69, 9.17) is 14.2 Å². The molecular weight excluding hydrogens is 436 g/mol. The molecule has 1 saturated heterocycles. The van der Waals surface area contributed by atoms with E-state index in [0.29, 0.717) is 6.42 Å². The highest BCUT2D eigenvalue weighted by Crippen LogP contribution is 2.67. The standard InChI is InChI=1S/C26H34N2O6/c1-6-24-10-7-12-28-13-11-25(21(24)28)19-9-8-18(32-5)14-20(19)27(4)22(25)26(31,15-33-16(2)29)23(24)34-17(3)30/h7-10,14,21-23,31H,6,11-13,15H2,1-5H3/t21?,22-,23-,24-,25-,26?/m1/s1. The first-order valence-electron chi connectivity index (χ1n) is 12.0. The number of anilines is 1. The van der Waals surface area contributed by atoms with Crippen LogP contribution in [0.1, 0.15) is 39.2 Å². The Balaban J connectivity index is 1.81. The molecule has 1 aliphatic carbocycles. The number of hydrogen-bond acceptors (Lipinski definition) is 8. The maximum absolute atomic E-state index is 12.6. The first kappa shape index (κ1) is 23.2. The molecule has 8 heteroatoms. The van der Waals surface area contributed by atoms with Gasteiger partial charge in [-0.25, -0.2) is 0 Å². The lowest BCUT2D eigenvalue weighted by molar-refractivity contribution is -0.232. The number of carbonyl (C=O) groups excluding carboxylic acids is 2. The van der Waals surface area contributed by atoms with Crippen molar-refractivity contribution in [3.05, 3.63) is 35.9 Å². The zero-order valence-electron chi connectivity index (χ0n) is 20.5. The first-order valence-corrected chi connectivity index (χ1v) is 12.0. The quantitative estimate of drug-likeness (QED) is 0.517. The molecule has 1 aromatic rings. The summed E-state index contributed by atoms with van der Waals surface area (Å²) >= 11 is 0. The van der Waals surface area contributed by atoms with Crippen LogP contribution in [0.2, 0.25) is 0 Å². The van der Waals surface area contributed by atoms with E-state index in [1.807, 2.05) is 19.2 Å². The minimum atomic E-state index is -1.64. The van der Waals surface area contributed by atoms with E-state index in [9.17, 15) is 14.7 Å². The van der Waals surface area contributed by atoms with Crippen molar-refractivity contribution in [3.8, 4) is 5.75 Å². The summed E-state index contributed by atoms with van der Waals surface area (Å²) in [4.78, 5) is 28.9. The Hall–Kier alpha value is -2.58. The predicted octanol–water partition coefficient (Wildman–Crippen LogP) is 2.03. The maximum Gasteiger partial charge on any atom is 0.303 e. The van der Waals surface area contributed by atoms with Gasteiger partial charge in [-0.15, -0.1) is 0 Å². The number of esters is 2. The van der Waals surface area contributed by atoms with Gasteiger partial charge >= 0.3 is 11.9 Å². The van der Waals surface area contributed by atoms with Gasteiger partial charge in [0.15, 0.2) is 5.60 Å². The molecule has 0 aromatic heterocycles. The van der Waals surface area contributed by atoms with Gasteiger partial charge in [-0.2, -0.15) is 0 Å². The van der Waals surface area contributed by atoms with E-state index in [-0.39, 0.29) is 12.6 Å². The molecule has 8 nitrogen and oxygen atoms in total. The largest absolute Gasteiger partial charge is 0.497 e. The Labute approximate surface area is 200 Å². The second kappa shape index (κ2) is 7.71. The van der Waals surface area contributed by atoms with Crippen LogP contribution in [0, 0.1) is 5.41 Å². The summed E-state index contributed by atoms with van der Waals surface area (Å²) in [6, 6.07) is 5.64. The van der Waals surface area contributed by atoms with E-state index >= 15 is 0 Å². The second-order valence-electron chi connectivity index (χ2n) is 10.2. The average molecular weight is 471 g/mol. The molecule has 34 heavy (non-hydrogen) atoms. The number of hydrogen-bond donors (Lipinski definition) is 1. The molecule has 0 radical (unpaired) electrons. The van der Waals surface area contributed by atoms with Gasteiger partial charge in [0.25, 0.3) is 0 Å². The van der Waals surface area contributed by atoms with Crippen LogP contribution in [0.5, 0.6) is 5.75 Å². The van der Waals surface area contributed by atoms with Crippen molar-refractivity contribution in [1.29, 1.82) is 0 Å². The number of benzene rings is 1. The minimum absolute atomic E-state index is 0.0130. The monoisotopic (exact) mass is 470 g/mol. The molecule has 4 aliphatic rings. The molecule has 3 aliphatic heterocycles. The highest BCUT2D eigenvalue weighted by molar-refractivity contribution is 5.72. The lowest BCUT2D eigenvalue weighted by Crippen LogP contribution is -2.80. The van der Waals surface area contributed by atoms with Crippen LogP contribution in [0.4, 0.5) is 5.69 Å². The molecule has 2 fully saturated rings. The lowest BCUT2D eigenvalue weighted by atomic mass is 9.48. The summed E-state index contributed by atoms with van der Waals surface area (Å²) in [5.41, 5.74) is -0.584. The van der Waals surface area contributed by atoms with Crippen molar-refractivity contribution < 1.29 is 28.9 Å². The van der Waals surface area contributed by atoms with Gasteiger partial charge in [0.2, 0.25) is 0 Å². The van der Waals surface area contributed by atoms with Gasteiger partial charge in [-0.3, -0.25) is 14.5 Å². The molecule has 5 rings (SSSR count). The van der Waals surface area contributed by atoms with Crippen LogP contribution in [0.25, 0.3) is 0 Å². The van der Waals surface area contributed by atoms with Gasteiger partial charge < -0.3 is 24.2 Å². The fraction of sp³-hybridized carbons (Fsp3) is 0.615. The predicted molar refractivity (Wildman–Crippen MR) is 126 cm³/mol. The van der Waals surface area contributed by atoms with E-state index in [1.54, 1.807) is 7.11 Å². The number of ether oxygens (including phenoxy) is 3. The van der Waals surface area contributed by atoms with Crippen LogP contribution >= 0.6 is 0 Å². The van der Waals surface area contributed by atoms with Crippen LogP contribution in [-0.2, 0) is 24.5 Å². The molecule has 1 saturated carbocycles. The summed E-state index contributed by atoms with van der Waals surface area (Å²) in [6.07, 6.45) is 4.88. The normalized spacial score (nSPS) is 37.6. The molecule has 0 amide bonds. The Morgan fingerprint density at radius 2 is 1.97 bits per heavy atom. The van der Waals surface area contributed by atoms with Crippen molar-refractivity contribution >= 4 is 17.6 Å². The van der Waals surface area contributed by atoms with Crippen molar-refractivity contribution in [1.82, 2.24) is 4.90 Å². The fourth-order valence-electron chi connectivity index (χ4n) is 7.83. The lowest BCUT2D eigenvalue weighted by Gasteiger charge is -2.64. The Morgan fingerprint density at radius 1 is 1.21 bits per heavy atom. The maximum atomic E-state index is 12.6. The molecule has 2 unspecified atom stereocenters. The summed E-state index contributed by atoms with van der Waals surface area (Å²) in [7, 11) is 3.60. The zero-order valence-corrected chi connectivity index (χ0v) is 20.5. The molecule has 1 N–H and O–H groups in total. The van der Waals surface area contributed by atoms with Gasteiger partial charge in [0.1, 0.15) is 18.5 Å². The Bertz CT molecular complexity index is 1060. The van der Waals surface area contributed by atoms with E-state index in [2.05, 4.69) is 34.9 Å². The third-order valence-electron chi connectivity index (χ3n) is 8.72. The Morgan fingerprint density at radius 3 is 2.62 bits per heavy atom. The van der Waals surface area contributed by atoms with Gasteiger partial charge in [-0.05, 0) is 31.0 Å². The van der Waals surface area contributed by atoms with E-state index in [0.717, 1.165) is 36.5 Å². The van der Waals surface area contributed by atoms with Gasteiger partial charge in [0.05, 0.1) is 13.2 Å². The number of rotatable bonds is 5. The van der Waals surface area contributed by atoms with Crippen LogP contribution in [-0.4, -0.2) is 79.6 Å².